The fourth-order valence-corrected chi connectivity index (χ4v) is 3.38. The van der Waals surface area contributed by atoms with Crippen LogP contribution < -0.4 is 30.0 Å². The van der Waals surface area contributed by atoms with Crippen molar-refractivity contribution in [1.29, 1.82) is 0 Å². The molecule has 0 bridgehead atoms. The zero-order chi connectivity index (χ0) is 19.4. The summed E-state index contributed by atoms with van der Waals surface area (Å²) in [7, 11) is 6.49. The Morgan fingerprint density at radius 2 is 1.67 bits per heavy atom. The van der Waals surface area contributed by atoms with Crippen LogP contribution in [0.4, 0.5) is 0 Å². The Hall–Kier alpha value is -3.09. The highest BCUT2D eigenvalue weighted by Crippen LogP contribution is 2.41. The lowest BCUT2D eigenvalue weighted by molar-refractivity contribution is 0.344. The number of nitrogens with one attached hydrogen (secondary N) is 1. The highest BCUT2D eigenvalue weighted by atomic mass is 16.5. The molecule has 2 aromatic carbocycles. The van der Waals surface area contributed by atoms with Crippen molar-refractivity contribution >= 4 is 5.96 Å². The van der Waals surface area contributed by atoms with Gasteiger partial charge in [0.05, 0.1) is 40.5 Å². The van der Waals surface area contributed by atoms with Gasteiger partial charge in [0.25, 0.3) is 0 Å². The maximum absolute atomic E-state index is 6.09. The molecule has 3 N–H and O–H groups in total. The van der Waals surface area contributed by atoms with E-state index in [1.807, 2.05) is 36.4 Å². The lowest BCUT2D eigenvalue weighted by atomic mass is 9.93. The second-order valence-corrected chi connectivity index (χ2v) is 6.16. The molecule has 27 heavy (non-hydrogen) atoms. The summed E-state index contributed by atoms with van der Waals surface area (Å²) in [6.07, 6.45) is 0.708. The van der Waals surface area contributed by atoms with E-state index in [9.17, 15) is 0 Å². The first kappa shape index (κ1) is 18.7. The maximum atomic E-state index is 6.09. The zero-order valence-corrected chi connectivity index (χ0v) is 16.0. The highest BCUT2D eigenvalue weighted by molar-refractivity contribution is 5.79. The van der Waals surface area contributed by atoms with E-state index >= 15 is 0 Å². The van der Waals surface area contributed by atoms with Crippen LogP contribution in [0.5, 0.6) is 23.0 Å². The maximum Gasteiger partial charge on any atom is 0.189 e. The number of para-hydroxylation sites is 1. The van der Waals surface area contributed by atoms with Crippen molar-refractivity contribution in [3.05, 3.63) is 47.5 Å². The smallest absolute Gasteiger partial charge is 0.189 e. The van der Waals surface area contributed by atoms with Crippen LogP contribution in [-0.4, -0.2) is 34.4 Å². The molecule has 7 heteroatoms. The number of hydrogen-bond donors (Lipinski definition) is 2. The van der Waals surface area contributed by atoms with Crippen molar-refractivity contribution in [1.82, 2.24) is 5.32 Å². The third-order valence-corrected chi connectivity index (χ3v) is 4.68. The lowest BCUT2D eigenvalue weighted by Gasteiger charge is -2.30. The Bertz CT molecular complexity index is 838. The normalized spacial score (nSPS) is 18.9. The number of nitrogens with zero attached hydrogens (tertiary/aromatic N) is 1. The van der Waals surface area contributed by atoms with Crippen molar-refractivity contribution in [2.45, 2.75) is 18.5 Å². The van der Waals surface area contributed by atoms with Crippen LogP contribution in [0, 0.1) is 0 Å². The van der Waals surface area contributed by atoms with Gasteiger partial charge >= 0.3 is 0 Å². The molecule has 0 aliphatic carbocycles. The molecular formula is C20H25N3O4. The molecule has 1 heterocycles. The van der Waals surface area contributed by atoms with E-state index in [0.717, 1.165) is 11.1 Å². The van der Waals surface area contributed by atoms with E-state index in [-0.39, 0.29) is 12.1 Å². The van der Waals surface area contributed by atoms with Gasteiger partial charge in [-0.15, -0.1) is 0 Å². The van der Waals surface area contributed by atoms with Gasteiger partial charge in [0.2, 0.25) is 0 Å². The quantitative estimate of drug-likeness (QED) is 0.812. The molecule has 2 atom stereocenters. The molecule has 0 amide bonds. The minimum Gasteiger partial charge on any atom is -0.493 e. The third-order valence-electron chi connectivity index (χ3n) is 4.68. The number of aliphatic imine (C=N–C) groups is 1. The number of methoxy groups -OCH3 is 4. The van der Waals surface area contributed by atoms with Crippen LogP contribution in [0.3, 0.4) is 0 Å². The largest absolute Gasteiger partial charge is 0.493 e. The van der Waals surface area contributed by atoms with Crippen LogP contribution in [-0.2, 0) is 0 Å². The first-order valence-electron chi connectivity index (χ1n) is 8.63. The molecule has 0 aromatic heterocycles. The van der Waals surface area contributed by atoms with Crippen molar-refractivity contribution < 1.29 is 18.9 Å². The zero-order valence-electron chi connectivity index (χ0n) is 16.0. The van der Waals surface area contributed by atoms with Crippen molar-refractivity contribution in [3.8, 4) is 23.0 Å². The van der Waals surface area contributed by atoms with E-state index in [2.05, 4.69) is 10.3 Å². The van der Waals surface area contributed by atoms with Gasteiger partial charge in [0.15, 0.2) is 29.0 Å². The van der Waals surface area contributed by atoms with Crippen molar-refractivity contribution in [2.75, 3.05) is 28.4 Å². The molecule has 0 saturated heterocycles. The molecule has 144 valence electrons. The van der Waals surface area contributed by atoms with E-state index in [4.69, 9.17) is 24.7 Å². The standard InChI is InChI=1S/C20H25N3O4/c1-24-16-9-8-12(10-18(16)26-3)14-11-15(23-20(21)22-14)13-6-5-7-17(25-2)19(13)27-4/h5-10,14-15H,11H2,1-4H3,(H3,21,22,23). The fourth-order valence-electron chi connectivity index (χ4n) is 3.38. The van der Waals surface area contributed by atoms with Gasteiger partial charge in [-0.2, -0.15) is 0 Å². The van der Waals surface area contributed by atoms with Gasteiger partial charge in [-0.1, -0.05) is 18.2 Å². The Morgan fingerprint density at radius 1 is 0.926 bits per heavy atom. The van der Waals surface area contributed by atoms with Crippen LogP contribution in [0.25, 0.3) is 0 Å². The molecule has 0 fully saturated rings. The Morgan fingerprint density at radius 3 is 2.33 bits per heavy atom. The highest BCUT2D eigenvalue weighted by Gasteiger charge is 2.28. The van der Waals surface area contributed by atoms with Gasteiger partial charge < -0.3 is 30.0 Å². The molecule has 7 nitrogen and oxygen atoms in total. The number of hydrogen-bond acceptors (Lipinski definition) is 7. The van der Waals surface area contributed by atoms with Crippen molar-refractivity contribution in [2.24, 2.45) is 10.7 Å². The monoisotopic (exact) mass is 371 g/mol. The Kier molecular flexibility index (Phi) is 5.59. The van der Waals surface area contributed by atoms with Gasteiger partial charge in [0.1, 0.15) is 0 Å². The minimum absolute atomic E-state index is 0.0642. The summed E-state index contributed by atoms with van der Waals surface area (Å²) >= 11 is 0. The molecule has 0 spiro atoms. The summed E-state index contributed by atoms with van der Waals surface area (Å²) in [5.41, 5.74) is 8.07. The molecule has 1 aliphatic heterocycles. The minimum atomic E-state index is -0.119. The second-order valence-electron chi connectivity index (χ2n) is 6.16. The summed E-state index contributed by atoms with van der Waals surface area (Å²) in [6, 6.07) is 11.4. The number of benzene rings is 2. The predicted molar refractivity (Wildman–Crippen MR) is 104 cm³/mol. The average Bonchev–Trinajstić information content (AvgIpc) is 2.71. The first-order valence-corrected chi connectivity index (χ1v) is 8.63. The van der Waals surface area contributed by atoms with E-state index in [1.165, 1.54) is 0 Å². The Labute approximate surface area is 159 Å². The molecular weight excluding hydrogens is 346 g/mol. The van der Waals surface area contributed by atoms with Gasteiger partial charge in [-0.25, -0.2) is 4.99 Å². The summed E-state index contributed by atoms with van der Waals surface area (Å²) in [6.45, 7) is 0. The summed E-state index contributed by atoms with van der Waals surface area (Å²) in [4.78, 5) is 4.57. The van der Waals surface area contributed by atoms with E-state index in [0.29, 0.717) is 35.4 Å². The molecule has 3 rings (SSSR count). The summed E-state index contributed by atoms with van der Waals surface area (Å²) < 4.78 is 21.7. The number of rotatable bonds is 6. The number of nitrogens with two attached hydrogens (primary N) is 1. The molecule has 0 saturated carbocycles. The van der Waals surface area contributed by atoms with Crippen molar-refractivity contribution in [3.63, 3.8) is 0 Å². The second kappa shape index (κ2) is 8.07. The van der Waals surface area contributed by atoms with Gasteiger partial charge in [-0.05, 0) is 30.2 Å². The van der Waals surface area contributed by atoms with E-state index < -0.39 is 0 Å². The van der Waals surface area contributed by atoms with Crippen LogP contribution in [0.15, 0.2) is 41.4 Å². The average molecular weight is 371 g/mol. The van der Waals surface area contributed by atoms with Crippen LogP contribution in [0.1, 0.15) is 29.6 Å². The van der Waals surface area contributed by atoms with Gasteiger partial charge in [-0.3, -0.25) is 0 Å². The molecule has 1 aliphatic rings. The van der Waals surface area contributed by atoms with Crippen LogP contribution >= 0.6 is 0 Å². The molecule has 2 aromatic rings. The predicted octanol–water partition coefficient (Wildman–Crippen LogP) is 2.81. The summed E-state index contributed by atoms with van der Waals surface area (Å²) in [5, 5.41) is 3.25. The lowest BCUT2D eigenvalue weighted by Crippen LogP contribution is -2.39. The molecule has 0 radical (unpaired) electrons. The number of guanidine groups is 1. The Balaban J connectivity index is 1.95. The molecule has 2 unspecified atom stereocenters. The van der Waals surface area contributed by atoms with Gasteiger partial charge in [0, 0.05) is 5.56 Å². The number of ether oxygens (including phenoxy) is 4. The first-order chi connectivity index (χ1) is 13.1. The third kappa shape index (κ3) is 3.72. The summed E-state index contributed by atoms with van der Waals surface area (Å²) in [5.74, 6) is 3.10. The fraction of sp³-hybridized carbons (Fsp3) is 0.350. The topological polar surface area (TPSA) is 87.3 Å². The SMILES string of the molecule is COc1ccc(C2CC(c3cccc(OC)c3OC)NC(N)=N2)cc1OC. The van der Waals surface area contributed by atoms with E-state index in [1.54, 1.807) is 28.4 Å². The van der Waals surface area contributed by atoms with Crippen LogP contribution in [0.2, 0.25) is 0 Å².